The first-order valence-corrected chi connectivity index (χ1v) is 32.7. The van der Waals surface area contributed by atoms with E-state index in [1.165, 1.54) is 36.1 Å². The Morgan fingerprint density at radius 1 is 0.573 bits per heavy atom. The maximum atomic E-state index is 14.6. The van der Waals surface area contributed by atoms with Crippen molar-refractivity contribution in [2.75, 3.05) is 25.4 Å². The first-order chi connectivity index (χ1) is 45.5. The Morgan fingerprint density at radius 3 is 1.58 bits per heavy atom. The summed E-state index contributed by atoms with van der Waals surface area (Å²) in [6.45, 7) is 8.71. The summed E-state index contributed by atoms with van der Waals surface area (Å²) in [4.78, 5) is 191. The Kier molecular flexibility index (Phi) is 32.9. The van der Waals surface area contributed by atoms with Gasteiger partial charge in [0.2, 0.25) is 76.0 Å². The summed E-state index contributed by atoms with van der Waals surface area (Å²) in [5, 5.41) is 42.4. The first-order valence-electron chi connectivity index (χ1n) is 31.7. The van der Waals surface area contributed by atoms with Crippen LogP contribution in [0.3, 0.4) is 0 Å². The van der Waals surface area contributed by atoms with Gasteiger partial charge in [-0.15, -0.1) is 0 Å². The third kappa shape index (κ3) is 27.5. The number of phenols is 1. The Balaban J connectivity index is 1.59. The summed E-state index contributed by atoms with van der Waals surface area (Å²) >= 11 is 0.916. The molecule has 1 heterocycles. The highest BCUT2D eigenvalue weighted by atomic mass is 32.2. The lowest BCUT2D eigenvalue weighted by Gasteiger charge is -2.29. The van der Waals surface area contributed by atoms with Gasteiger partial charge in [-0.3, -0.25) is 67.1 Å². The second-order valence-electron chi connectivity index (χ2n) is 24.2. The van der Waals surface area contributed by atoms with Gasteiger partial charge in [0.05, 0.1) is 24.9 Å². The molecule has 10 atom stereocenters. The maximum absolute atomic E-state index is 14.6. The quantitative estimate of drug-likeness (QED) is 0.0276. The zero-order chi connectivity index (χ0) is 71.2. The Morgan fingerprint density at radius 2 is 1.05 bits per heavy atom. The zero-order valence-electron chi connectivity index (χ0n) is 54.6. The van der Waals surface area contributed by atoms with E-state index in [4.69, 9.17) is 22.9 Å². The van der Waals surface area contributed by atoms with E-state index in [0.717, 1.165) is 17.3 Å². The number of primary amides is 2. The van der Waals surface area contributed by atoms with E-state index in [2.05, 4.69) is 47.9 Å². The minimum Gasteiger partial charge on any atom is -0.508 e. The molecule has 0 bridgehead atoms. The topological polar surface area (TPSA) is 495 Å². The molecule has 96 heavy (non-hydrogen) atoms. The van der Waals surface area contributed by atoms with Crippen LogP contribution in [0.5, 0.6) is 5.75 Å². The maximum Gasteiger partial charge on any atom is 0.305 e. The smallest absolute Gasteiger partial charge is 0.305 e. The molecule has 31 heteroatoms. The van der Waals surface area contributed by atoms with Crippen molar-refractivity contribution in [2.45, 2.75) is 172 Å². The summed E-state index contributed by atoms with van der Waals surface area (Å²) in [5.74, 6) is -13.4. The van der Waals surface area contributed by atoms with Crippen molar-refractivity contribution < 1.29 is 77.3 Å². The molecule has 1 fully saturated rings. The fourth-order valence-corrected chi connectivity index (χ4v) is 11.2. The molecule has 0 spiro atoms. The van der Waals surface area contributed by atoms with Crippen LogP contribution in [-0.2, 0) is 86.4 Å². The standard InChI is InChI=1S/C65H92N14O16S/c1-36(2)30-50(65(95)96-29-27-70-38(5)80)77-56(86)44(18-12-26-66)72-63(93)55(37(3)4)78-61(91)47(33-41-20-22-42(81)23-21-41)73-57(87)45(24-25-52(68)82)71-59(89)48(34-53(69)83)74-60(90)49(35-54(84)85)75-58(88)46(32-40-16-10-7-11-17-40)76-62(92)51-19-13-28-79(51)64(94)43(67)31-39-14-8-6-9-15-39/h6-11,14-17,20-23,36-37,43-51,55,81H,12-13,18-19,24-35,66-67H2,1-5H3,(H2,68,82)(H2,69,83)(H,70,80)(H,71,89)(H,72,93)(H,73,87)(H,74,90)(H,75,88)(H,76,92)(H,77,86)(H,78,91)(H,84,85)/t43-,44+,45+,46+,47+,48+,49+,50+,51+,55+/m1/s1. The third-order valence-electron chi connectivity index (χ3n) is 15.3. The number of thioether (sulfide) groups is 1. The molecule has 0 aliphatic carbocycles. The Bertz CT molecular complexity index is 3180. The highest BCUT2D eigenvalue weighted by Gasteiger charge is 2.40. The van der Waals surface area contributed by atoms with Gasteiger partial charge in [0, 0.05) is 45.0 Å². The summed E-state index contributed by atoms with van der Waals surface area (Å²) in [6.07, 6.45) is -2.50. The van der Waals surface area contributed by atoms with Gasteiger partial charge in [-0.2, -0.15) is 0 Å². The Hall–Kier alpha value is -9.49. The normalized spacial score (nSPS) is 15.5. The number of nitrogens with one attached hydrogen (secondary N) is 9. The van der Waals surface area contributed by atoms with Gasteiger partial charge < -0.3 is 85.9 Å². The van der Waals surface area contributed by atoms with Crippen LogP contribution in [0.4, 0.5) is 0 Å². The molecule has 19 N–H and O–H groups in total. The van der Waals surface area contributed by atoms with Crippen LogP contribution >= 0.6 is 11.8 Å². The van der Waals surface area contributed by atoms with Crippen molar-refractivity contribution in [3.05, 3.63) is 102 Å². The van der Waals surface area contributed by atoms with Gasteiger partial charge >= 0.3 is 5.97 Å². The highest BCUT2D eigenvalue weighted by Crippen LogP contribution is 2.21. The third-order valence-corrected chi connectivity index (χ3v) is 16.3. The molecule has 3 aromatic rings. The van der Waals surface area contributed by atoms with E-state index in [1.807, 2.05) is 19.9 Å². The number of hydrogen-bond acceptors (Lipinski definition) is 18. The lowest BCUT2D eigenvalue weighted by molar-refractivity contribution is -0.142. The number of phenolic OH excluding ortho intramolecular Hbond substituents is 1. The average Bonchev–Trinajstić information content (AvgIpc) is 1.56. The summed E-state index contributed by atoms with van der Waals surface area (Å²) in [6, 6.07) is 8.02. The molecule has 4 rings (SSSR count). The fraction of sp³-hybridized carbons (Fsp3) is 0.508. The van der Waals surface area contributed by atoms with Crippen LogP contribution in [0.25, 0.3) is 0 Å². The van der Waals surface area contributed by atoms with Crippen LogP contribution < -0.4 is 70.8 Å². The van der Waals surface area contributed by atoms with Crippen molar-refractivity contribution in [1.29, 1.82) is 0 Å². The minimum atomic E-state index is -2.02. The first kappa shape index (κ1) is 79.0. The van der Waals surface area contributed by atoms with Gasteiger partial charge in [0.25, 0.3) is 0 Å². The number of carboxylic acids is 1. The van der Waals surface area contributed by atoms with E-state index >= 15 is 0 Å². The summed E-state index contributed by atoms with van der Waals surface area (Å²) < 4.78 is 0. The molecule has 3 aromatic carbocycles. The molecule has 1 saturated heterocycles. The van der Waals surface area contributed by atoms with Crippen molar-refractivity contribution in [3.63, 3.8) is 0 Å². The predicted octanol–water partition coefficient (Wildman–Crippen LogP) is -1.93. The molecule has 524 valence electrons. The number of carboxylic acid groups (broad SMARTS) is 1. The molecule has 0 aromatic heterocycles. The van der Waals surface area contributed by atoms with Crippen LogP contribution in [0.15, 0.2) is 84.9 Å². The number of nitrogens with zero attached hydrogens (tertiary/aromatic N) is 1. The van der Waals surface area contributed by atoms with E-state index in [9.17, 15) is 77.3 Å². The lowest BCUT2D eigenvalue weighted by atomic mass is 9.99. The largest absolute Gasteiger partial charge is 0.508 e. The number of carbonyl (C=O) groups excluding carboxylic acids is 13. The van der Waals surface area contributed by atoms with E-state index in [0.29, 0.717) is 17.5 Å². The van der Waals surface area contributed by atoms with Gasteiger partial charge in [0.15, 0.2) is 0 Å². The number of likely N-dealkylation sites (tertiary alicyclic amines) is 1. The number of aliphatic carboxylic acids is 1. The van der Waals surface area contributed by atoms with Crippen LogP contribution in [0.1, 0.15) is 109 Å². The second-order valence-corrected chi connectivity index (χ2v) is 25.3. The molecule has 0 unspecified atom stereocenters. The number of nitrogens with two attached hydrogens (primary N) is 4. The summed E-state index contributed by atoms with van der Waals surface area (Å²) in [5.41, 5.74) is 24.8. The van der Waals surface area contributed by atoms with Crippen molar-refractivity contribution in [2.24, 2.45) is 34.8 Å². The molecule has 0 radical (unpaired) electrons. The van der Waals surface area contributed by atoms with Crippen molar-refractivity contribution >= 4 is 93.7 Å². The molecule has 30 nitrogen and oxygen atoms in total. The number of rotatable bonds is 40. The predicted molar refractivity (Wildman–Crippen MR) is 353 cm³/mol. The number of amides is 12. The molecule has 0 saturated carbocycles. The number of carbonyl (C=O) groups is 14. The molecular weight excluding hydrogens is 1260 g/mol. The molecular formula is C65H92N14O16S. The highest BCUT2D eigenvalue weighted by molar-refractivity contribution is 8.13. The lowest BCUT2D eigenvalue weighted by Crippen LogP contribution is -2.61. The van der Waals surface area contributed by atoms with E-state index in [-0.39, 0.29) is 93.0 Å². The van der Waals surface area contributed by atoms with Gasteiger partial charge in [-0.25, -0.2) is 0 Å². The van der Waals surface area contributed by atoms with Crippen LogP contribution in [0, 0.1) is 11.8 Å². The molecule has 12 amide bonds. The van der Waals surface area contributed by atoms with Crippen LogP contribution in [-0.4, -0.2) is 183 Å². The van der Waals surface area contributed by atoms with Gasteiger partial charge in [-0.05, 0) is 92.1 Å². The number of hydrogen-bond donors (Lipinski definition) is 15. The van der Waals surface area contributed by atoms with Crippen molar-refractivity contribution in [1.82, 2.24) is 52.8 Å². The number of aromatic hydroxyl groups is 1. The van der Waals surface area contributed by atoms with Gasteiger partial charge in [-0.1, -0.05) is 112 Å². The average molecular weight is 1360 g/mol. The number of benzene rings is 3. The van der Waals surface area contributed by atoms with Crippen molar-refractivity contribution in [3.8, 4) is 5.75 Å². The summed E-state index contributed by atoms with van der Waals surface area (Å²) in [7, 11) is 0. The molecule has 1 aliphatic rings. The Labute approximate surface area is 561 Å². The van der Waals surface area contributed by atoms with E-state index in [1.54, 1.807) is 68.4 Å². The van der Waals surface area contributed by atoms with E-state index < -0.39 is 163 Å². The van der Waals surface area contributed by atoms with Crippen LogP contribution in [0.2, 0.25) is 0 Å². The fourth-order valence-electron chi connectivity index (χ4n) is 10.4. The van der Waals surface area contributed by atoms with Gasteiger partial charge in [0.1, 0.15) is 54.1 Å². The second kappa shape index (κ2) is 40.0. The SMILES string of the molecule is CC(=O)NCCSC(=O)[C@H](CC(C)C)NC(=O)[C@H](CCCN)NC(=O)[C@@H](NC(=O)[C@H](Cc1ccc(O)cc1)NC(=O)[C@H](CCC(N)=O)NC(=O)[C@H](CC(N)=O)NC(=O)[C@H](CC(=O)O)NC(=O)[C@H](Cc1ccccc1)NC(=O)[C@@H]1CCCN1C(=O)[C@H](N)Cc1ccccc1)C(C)C. The molecule has 1 aliphatic heterocycles. The monoisotopic (exact) mass is 1360 g/mol. The minimum absolute atomic E-state index is 0.0156. The zero-order valence-corrected chi connectivity index (χ0v) is 55.4.